The van der Waals surface area contributed by atoms with E-state index in [-0.39, 0.29) is 14.8 Å². The van der Waals surface area contributed by atoms with Gasteiger partial charge in [-0.1, -0.05) is 12.1 Å². The summed E-state index contributed by atoms with van der Waals surface area (Å²) >= 11 is 0.980. The number of aromatic nitrogens is 1. The molecule has 3 aromatic rings. The van der Waals surface area contributed by atoms with Crippen molar-refractivity contribution in [3.63, 3.8) is 0 Å². The van der Waals surface area contributed by atoms with Crippen molar-refractivity contribution in [1.82, 2.24) is 4.57 Å². The zero-order valence-corrected chi connectivity index (χ0v) is 15.9. The predicted octanol–water partition coefficient (Wildman–Crippen LogP) is 1.85. The number of nitrogens with zero attached hydrogens (tertiary/aromatic N) is 3. The highest BCUT2D eigenvalue weighted by atomic mass is 32.1. The minimum atomic E-state index is -0.476. The molecular weight excluding hydrogens is 393 g/mol. The molecule has 0 N–H and O–H groups in total. The molecule has 0 fully saturated rings. The number of hydrogen-bond acceptors (Lipinski definition) is 6. The molecule has 1 aromatic heterocycles. The molecule has 1 heterocycles. The molecule has 0 aliphatic carbocycles. The van der Waals surface area contributed by atoms with E-state index >= 15 is 0 Å². The van der Waals surface area contributed by atoms with Gasteiger partial charge in [0.25, 0.3) is 5.56 Å². The number of methoxy groups -OCH3 is 1. The van der Waals surface area contributed by atoms with E-state index in [9.17, 15) is 24.5 Å². The van der Waals surface area contributed by atoms with Crippen molar-refractivity contribution in [2.75, 3.05) is 7.11 Å². The van der Waals surface area contributed by atoms with E-state index in [0.29, 0.717) is 16.8 Å². The second-order valence-electron chi connectivity index (χ2n) is 5.74. The molecule has 29 heavy (non-hydrogen) atoms. The molecule has 0 aliphatic rings. The van der Waals surface area contributed by atoms with Crippen LogP contribution in [0.4, 0.5) is 4.39 Å². The van der Waals surface area contributed by atoms with Crippen molar-refractivity contribution in [2.45, 2.75) is 0 Å². The summed E-state index contributed by atoms with van der Waals surface area (Å²) in [5.41, 5.74) is 0.675. The monoisotopic (exact) mass is 405 g/mol. The Balaban J connectivity index is 2.25. The van der Waals surface area contributed by atoms with Crippen molar-refractivity contribution in [1.29, 1.82) is 10.5 Å². The number of halogens is 1. The van der Waals surface area contributed by atoms with Crippen molar-refractivity contribution in [3.8, 4) is 17.8 Å². The predicted molar refractivity (Wildman–Crippen MR) is 105 cm³/mol. The van der Waals surface area contributed by atoms with Crippen LogP contribution in [-0.2, 0) is 4.74 Å². The Morgan fingerprint density at radius 2 is 1.72 bits per heavy atom. The van der Waals surface area contributed by atoms with Crippen LogP contribution in [0.1, 0.15) is 15.9 Å². The van der Waals surface area contributed by atoms with Crippen LogP contribution in [0.3, 0.4) is 0 Å². The van der Waals surface area contributed by atoms with Gasteiger partial charge in [-0.25, -0.2) is 9.18 Å². The number of ether oxygens (including phenoxy) is 1. The van der Waals surface area contributed by atoms with Gasteiger partial charge in [-0.3, -0.25) is 9.36 Å². The molecule has 142 valence electrons. The van der Waals surface area contributed by atoms with E-state index < -0.39 is 17.3 Å². The van der Waals surface area contributed by atoms with Gasteiger partial charge in [0.15, 0.2) is 5.57 Å². The second kappa shape index (κ2) is 8.34. The van der Waals surface area contributed by atoms with Crippen LogP contribution < -0.4 is 14.8 Å². The lowest BCUT2D eigenvalue weighted by Crippen LogP contribution is -2.30. The third kappa shape index (κ3) is 3.98. The Morgan fingerprint density at radius 1 is 1.10 bits per heavy atom. The molecule has 2 aromatic carbocycles. The highest BCUT2D eigenvalue weighted by molar-refractivity contribution is 7.07. The van der Waals surface area contributed by atoms with E-state index in [1.54, 1.807) is 42.5 Å². The molecular formula is C21H12FN3O3S. The summed E-state index contributed by atoms with van der Waals surface area (Å²) in [5.74, 6) is -0.947. The number of carbonyl (C=O) groups excluding carboxylic acids is 1. The number of thiazole rings is 1. The van der Waals surface area contributed by atoms with Crippen molar-refractivity contribution >= 4 is 29.0 Å². The SMILES string of the molecule is COC(=O)c1ccc(/C=c2\sc(=C(C#N)C#N)n(-c3ccc(F)cc3)c2=O)cc1. The Labute approximate surface area is 168 Å². The van der Waals surface area contributed by atoms with Gasteiger partial charge in [-0.15, -0.1) is 11.3 Å². The van der Waals surface area contributed by atoms with Gasteiger partial charge in [-0.05, 0) is 48.0 Å². The van der Waals surface area contributed by atoms with Gasteiger partial charge in [0.1, 0.15) is 22.6 Å². The summed E-state index contributed by atoms with van der Waals surface area (Å²) in [6, 6.07) is 15.2. The zero-order valence-electron chi connectivity index (χ0n) is 15.0. The summed E-state index contributed by atoms with van der Waals surface area (Å²) in [5, 5.41) is 18.5. The fraction of sp³-hybridized carbons (Fsp3) is 0.0476. The summed E-state index contributed by atoms with van der Waals surface area (Å²) in [7, 11) is 1.28. The highest BCUT2D eigenvalue weighted by Gasteiger charge is 2.11. The number of nitriles is 2. The quantitative estimate of drug-likeness (QED) is 0.620. The molecule has 0 saturated heterocycles. The van der Waals surface area contributed by atoms with E-state index in [1.165, 1.54) is 35.9 Å². The Hall–Kier alpha value is -4.01. The maximum atomic E-state index is 13.3. The lowest BCUT2D eigenvalue weighted by Gasteiger charge is -2.01. The molecule has 0 radical (unpaired) electrons. The Kier molecular flexibility index (Phi) is 5.68. The van der Waals surface area contributed by atoms with Crippen LogP contribution in [0, 0.1) is 28.5 Å². The minimum absolute atomic E-state index is 0.157. The Bertz CT molecular complexity index is 1320. The third-order valence-electron chi connectivity index (χ3n) is 3.98. The molecule has 0 spiro atoms. The normalized spacial score (nSPS) is 10.8. The standard InChI is InChI=1S/C21H12FN3O3S/c1-28-21(27)14-4-2-13(3-5-14)10-18-19(26)25(17-8-6-16(22)7-9-17)20(29-18)15(11-23)12-24/h2-10H,1H3/b18-10-. The molecule has 3 rings (SSSR count). The number of carbonyl (C=O) groups is 1. The minimum Gasteiger partial charge on any atom is -0.465 e. The molecule has 8 heteroatoms. The molecule has 0 amide bonds. The first-order valence-electron chi connectivity index (χ1n) is 8.21. The van der Waals surface area contributed by atoms with Crippen molar-refractivity contribution in [3.05, 3.63) is 85.0 Å². The van der Waals surface area contributed by atoms with Gasteiger partial charge in [0, 0.05) is 0 Å². The molecule has 0 saturated carbocycles. The molecule has 0 bridgehead atoms. The number of esters is 1. The van der Waals surface area contributed by atoms with Gasteiger partial charge in [0.05, 0.1) is 22.9 Å². The maximum Gasteiger partial charge on any atom is 0.337 e. The van der Waals surface area contributed by atoms with Crippen LogP contribution in [0.5, 0.6) is 0 Å². The molecule has 0 atom stereocenters. The first kappa shape index (κ1) is 19.7. The van der Waals surface area contributed by atoms with Crippen LogP contribution in [0.2, 0.25) is 0 Å². The van der Waals surface area contributed by atoms with Gasteiger partial charge in [-0.2, -0.15) is 10.5 Å². The maximum absolute atomic E-state index is 13.3. The largest absolute Gasteiger partial charge is 0.465 e. The second-order valence-corrected chi connectivity index (χ2v) is 6.78. The van der Waals surface area contributed by atoms with E-state index in [0.717, 1.165) is 11.3 Å². The summed E-state index contributed by atoms with van der Waals surface area (Å²) in [6.45, 7) is 0. The highest BCUT2D eigenvalue weighted by Crippen LogP contribution is 2.08. The Morgan fingerprint density at radius 3 is 2.28 bits per heavy atom. The average molecular weight is 405 g/mol. The van der Waals surface area contributed by atoms with E-state index in [4.69, 9.17) is 0 Å². The molecule has 0 unspecified atom stereocenters. The zero-order chi connectivity index (χ0) is 21.0. The van der Waals surface area contributed by atoms with E-state index in [1.807, 2.05) is 0 Å². The summed E-state index contributed by atoms with van der Waals surface area (Å²) in [4.78, 5) is 24.5. The lowest BCUT2D eigenvalue weighted by atomic mass is 10.1. The van der Waals surface area contributed by atoms with Crippen LogP contribution in [0.25, 0.3) is 17.3 Å². The number of rotatable bonds is 3. The number of benzene rings is 2. The van der Waals surface area contributed by atoms with Crippen molar-refractivity contribution < 1.29 is 13.9 Å². The third-order valence-corrected chi connectivity index (χ3v) is 5.07. The van der Waals surface area contributed by atoms with Crippen LogP contribution in [0.15, 0.2) is 53.3 Å². The molecule has 0 aliphatic heterocycles. The first-order chi connectivity index (χ1) is 14.0. The molecule has 6 nitrogen and oxygen atoms in total. The van der Waals surface area contributed by atoms with E-state index in [2.05, 4.69) is 4.74 Å². The van der Waals surface area contributed by atoms with Gasteiger partial charge < -0.3 is 4.74 Å². The fourth-order valence-corrected chi connectivity index (χ4v) is 3.63. The van der Waals surface area contributed by atoms with Crippen LogP contribution in [-0.4, -0.2) is 17.6 Å². The lowest BCUT2D eigenvalue weighted by molar-refractivity contribution is 0.0600. The first-order valence-corrected chi connectivity index (χ1v) is 9.02. The topological polar surface area (TPSA) is 95.9 Å². The number of hydrogen-bond donors (Lipinski definition) is 0. The summed E-state index contributed by atoms with van der Waals surface area (Å²) in [6.07, 6.45) is 1.59. The van der Waals surface area contributed by atoms with Crippen LogP contribution >= 0.6 is 11.3 Å². The van der Waals surface area contributed by atoms with Gasteiger partial charge in [0.2, 0.25) is 0 Å². The summed E-state index contributed by atoms with van der Waals surface area (Å²) < 4.78 is 19.6. The van der Waals surface area contributed by atoms with Gasteiger partial charge >= 0.3 is 5.97 Å². The smallest absolute Gasteiger partial charge is 0.337 e. The van der Waals surface area contributed by atoms with Crippen molar-refractivity contribution in [2.24, 2.45) is 0 Å². The average Bonchev–Trinajstić information content (AvgIpc) is 3.05. The fourth-order valence-electron chi connectivity index (χ4n) is 2.58.